The molecular formula is C24H44N4O2. The van der Waals surface area contributed by atoms with Gasteiger partial charge in [-0.05, 0) is 44.4 Å². The van der Waals surface area contributed by atoms with Gasteiger partial charge in [-0.1, -0.05) is 40.0 Å². The van der Waals surface area contributed by atoms with E-state index in [0.29, 0.717) is 11.8 Å². The van der Waals surface area contributed by atoms with Gasteiger partial charge in [0.2, 0.25) is 5.91 Å². The highest BCUT2D eigenvalue weighted by atomic mass is 16.5. The fourth-order valence-electron chi connectivity index (χ4n) is 5.40. The summed E-state index contributed by atoms with van der Waals surface area (Å²) in [5, 5.41) is 7.01. The number of likely N-dealkylation sites (tertiary alicyclic amines) is 1. The first-order chi connectivity index (χ1) is 14.4. The molecule has 0 aromatic heterocycles. The molecule has 3 fully saturated rings. The Morgan fingerprint density at radius 1 is 1.10 bits per heavy atom. The molecule has 6 nitrogen and oxygen atoms in total. The van der Waals surface area contributed by atoms with E-state index in [1.807, 2.05) is 0 Å². The average molecular weight is 421 g/mol. The van der Waals surface area contributed by atoms with Crippen LogP contribution in [-0.4, -0.2) is 61.7 Å². The molecule has 1 amide bonds. The first-order valence-corrected chi connectivity index (χ1v) is 12.3. The predicted molar refractivity (Wildman–Crippen MR) is 123 cm³/mol. The van der Waals surface area contributed by atoms with E-state index in [-0.39, 0.29) is 23.5 Å². The molecule has 0 radical (unpaired) electrons. The zero-order valence-electron chi connectivity index (χ0n) is 19.7. The predicted octanol–water partition coefficient (Wildman–Crippen LogP) is 3.56. The van der Waals surface area contributed by atoms with Crippen molar-refractivity contribution in [1.82, 2.24) is 15.5 Å². The number of guanidine groups is 1. The van der Waals surface area contributed by atoms with Gasteiger partial charge < -0.3 is 20.3 Å². The summed E-state index contributed by atoms with van der Waals surface area (Å²) in [6.45, 7) is 13.1. The van der Waals surface area contributed by atoms with E-state index >= 15 is 0 Å². The molecular weight excluding hydrogens is 376 g/mol. The summed E-state index contributed by atoms with van der Waals surface area (Å²) >= 11 is 0. The second kappa shape index (κ2) is 10.8. The number of hydrogen-bond acceptors (Lipinski definition) is 3. The highest BCUT2D eigenvalue weighted by Gasteiger charge is 2.35. The smallest absolute Gasteiger partial charge is 0.225 e. The van der Waals surface area contributed by atoms with E-state index in [1.54, 1.807) is 0 Å². The van der Waals surface area contributed by atoms with Gasteiger partial charge in [0.05, 0.1) is 6.10 Å². The lowest BCUT2D eigenvalue weighted by atomic mass is 9.78. The summed E-state index contributed by atoms with van der Waals surface area (Å²) in [7, 11) is 0. The summed E-state index contributed by atoms with van der Waals surface area (Å²) < 4.78 is 6.12. The van der Waals surface area contributed by atoms with Gasteiger partial charge in [-0.15, -0.1) is 0 Å². The fourth-order valence-corrected chi connectivity index (χ4v) is 5.40. The first kappa shape index (κ1) is 23.4. The maximum Gasteiger partial charge on any atom is 0.225 e. The van der Waals surface area contributed by atoms with Crippen LogP contribution in [0.2, 0.25) is 0 Å². The van der Waals surface area contributed by atoms with Gasteiger partial charge in [0.1, 0.15) is 0 Å². The van der Waals surface area contributed by atoms with Gasteiger partial charge in [-0.25, -0.2) is 0 Å². The number of ether oxygens (including phenoxy) is 1. The number of nitrogens with one attached hydrogen (secondary N) is 2. The van der Waals surface area contributed by atoms with E-state index in [9.17, 15) is 4.79 Å². The molecule has 0 bridgehead atoms. The molecule has 6 heteroatoms. The summed E-state index contributed by atoms with van der Waals surface area (Å²) in [6, 6.07) is 0.288. The van der Waals surface area contributed by atoms with Gasteiger partial charge in [0.25, 0.3) is 0 Å². The number of nitrogens with zero attached hydrogens (tertiary/aromatic N) is 2. The van der Waals surface area contributed by atoms with Crippen LogP contribution in [-0.2, 0) is 9.53 Å². The minimum Gasteiger partial charge on any atom is -0.377 e. The van der Waals surface area contributed by atoms with Crippen LogP contribution in [0.3, 0.4) is 0 Å². The lowest BCUT2D eigenvalue weighted by molar-refractivity contribution is -0.135. The first-order valence-electron chi connectivity index (χ1n) is 12.3. The van der Waals surface area contributed by atoms with Crippen molar-refractivity contribution in [2.24, 2.45) is 22.2 Å². The maximum absolute atomic E-state index is 12.9. The Labute approximate surface area is 183 Å². The summed E-state index contributed by atoms with van der Waals surface area (Å²) in [4.78, 5) is 19.9. The molecule has 172 valence electrons. The Morgan fingerprint density at radius 2 is 1.87 bits per heavy atom. The van der Waals surface area contributed by atoms with Gasteiger partial charge >= 0.3 is 0 Å². The third-order valence-electron chi connectivity index (χ3n) is 6.92. The van der Waals surface area contributed by atoms with Gasteiger partial charge in [0.15, 0.2) is 5.96 Å². The lowest BCUT2D eigenvalue weighted by Crippen LogP contribution is -2.46. The van der Waals surface area contributed by atoms with Gasteiger partial charge in [-0.3, -0.25) is 9.79 Å². The van der Waals surface area contributed by atoms with Gasteiger partial charge in [0, 0.05) is 50.7 Å². The number of carbonyl (C=O) groups is 1. The second-order valence-electron chi connectivity index (χ2n) is 10.5. The van der Waals surface area contributed by atoms with Crippen molar-refractivity contribution in [2.45, 2.75) is 91.2 Å². The van der Waals surface area contributed by atoms with Crippen LogP contribution in [0.15, 0.2) is 4.99 Å². The molecule has 2 N–H and O–H groups in total. The van der Waals surface area contributed by atoms with E-state index in [2.05, 4.69) is 43.2 Å². The Morgan fingerprint density at radius 3 is 2.57 bits per heavy atom. The average Bonchev–Trinajstić information content (AvgIpc) is 3.20. The highest BCUT2D eigenvalue weighted by molar-refractivity contribution is 5.81. The van der Waals surface area contributed by atoms with Crippen LogP contribution in [0, 0.1) is 17.3 Å². The zero-order valence-corrected chi connectivity index (χ0v) is 19.7. The molecule has 0 aromatic rings. The minimum absolute atomic E-state index is 0.137. The minimum atomic E-state index is 0.137. The monoisotopic (exact) mass is 420 g/mol. The molecule has 1 aliphatic carbocycles. The lowest BCUT2D eigenvalue weighted by Gasteiger charge is -2.39. The molecule has 2 aliphatic heterocycles. The molecule has 1 saturated carbocycles. The van der Waals surface area contributed by atoms with E-state index in [0.717, 1.165) is 64.4 Å². The summed E-state index contributed by atoms with van der Waals surface area (Å²) in [5.41, 5.74) is 0.137. The van der Waals surface area contributed by atoms with Crippen LogP contribution >= 0.6 is 0 Å². The van der Waals surface area contributed by atoms with Crippen molar-refractivity contribution < 1.29 is 9.53 Å². The molecule has 2 saturated heterocycles. The molecule has 3 atom stereocenters. The Hall–Kier alpha value is -1.30. The fraction of sp³-hybridized carbons (Fsp3) is 0.917. The Bertz CT molecular complexity index is 580. The molecule has 30 heavy (non-hydrogen) atoms. The quantitative estimate of drug-likeness (QED) is 0.527. The largest absolute Gasteiger partial charge is 0.377 e. The Kier molecular flexibility index (Phi) is 8.44. The topological polar surface area (TPSA) is 66.0 Å². The van der Waals surface area contributed by atoms with Crippen LogP contribution < -0.4 is 10.6 Å². The normalized spacial score (nSPS) is 29.1. The molecule has 0 aromatic carbocycles. The number of amides is 1. The second-order valence-corrected chi connectivity index (χ2v) is 10.5. The van der Waals surface area contributed by atoms with E-state index in [4.69, 9.17) is 9.73 Å². The standard InChI is InChI=1S/C24H44N4O2/c1-5-25-23(26-16-19-12-9-15-30-21(19)24(2,3)4)27-20-13-14-28(17-20)22(29)18-10-7-6-8-11-18/h18-21H,5-17H2,1-4H3,(H2,25,26,27). The zero-order chi connectivity index (χ0) is 21.6. The SMILES string of the molecule is CCNC(=NCC1CCCOC1C(C)(C)C)NC1CCN(C(=O)C2CCCCC2)C1. The van der Waals surface area contributed by atoms with Crippen LogP contribution in [0.5, 0.6) is 0 Å². The third-order valence-corrected chi connectivity index (χ3v) is 6.92. The molecule has 0 spiro atoms. The molecule has 3 rings (SSSR count). The number of carbonyl (C=O) groups excluding carboxylic acids is 1. The van der Waals surface area contributed by atoms with E-state index in [1.165, 1.54) is 25.7 Å². The molecule has 3 aliphatic rings. The Balaban J connectivity index is 1.54. The van der Waals surface area contributed by atoms with E-state index < -0.39 is 0 Å². The van der Waals surface area contributed by atoms with Crippen LogP contribution in [0.25, 0.3) is 0 Å². The molecule has 3 unspecified atom stereocenters. The van der Waals surface area contributed by atoms with Crippen molar-refractivity contribution in [3.05, 3.63) is 0 Å². The number of aliphatic imine (C=N–C) groups is 1. The van der Waals surface area contributed by atoms with Gasteiger partial charge in [-0.2, -0.15) is 0 Å². The summed E-state index contributed by atoms with van der Waals surface area (Å²) in [6.07, 6.45) is 9.43. The molecule has 2 heterocycles. The highest BCUT2D eigenvalue weighted by Crippen LogP contribution is 2.34. The maximum atomic E-state index is 12.9. The summed E-state index contributed by atoms with van der Waals surface area (Å²) in [5.74, 6) is 1.99. The van der Waals surface area contributed by atoms with Crippen LogP contribution in [0.1, 0.15) is 79.1 Å². The van der Waals surface area contributed by atoms with Crippen molar-refractivity contribution in [2.75, 3.05) is 32.8 Å². The van der Waals surface area contributed by atoms with Crippen molar-refractivity contribution in [3.63, 3.8) is 0 Å². The van der Waals surface area contributed by atoms with Crippen molar-refractivity contribution >= 4 is 11.9 Å². The van der Waals surface area contributed by atoms with Crippen molar-refractivity contribution in [1.29, 1.82) is 0 Å². The number of hydrogen-bond donors (Lipinski definition) is 2. The third kappa shape index (κ3) is 6.35. The van der Waals surface area contributed by atoms with Crippen LogP contribution in [0.4, 0.5) is 0 Å². The number of rotatable bonds is 5. The van der Waals surface area contributed by atoms with Crippen molar-refractivity contribution in [3.8, 4) is 0 Å².